The van der Waals surface area contributed by atoms with Crippen LogP contribution in [0.5, 0.6) is 5.75 Å². The first-order chi connectivity index (χ1) is 14.0. The standard InChI is InChI=1S/C23H22O5S/c24-23(27-16-7-17-29(25,26)22-10-5-2-6-11-22)20-14-12-19(13-15-20)18-28-21-8-3-1-4-9-21/h1-6,8-15H,7,16-18H2. The molecule has 6 heteroatoms. The summed E-state index contributed by atoms with van der Waals surface area (Å²) in [4.78, 5) is 12.4. The lowest BCUT2D eigenvalue weighted by Gasteiger charge is -2.08. The second-order valence-corrected chi connectivity index (χ2v) is 8.53. The molecule has 0 aliphatic rings. The van der Waals surface area contributed by atoms with Gasteiger partial charge in [-0.05, 0) is 48.4 Å². The molecule has 0 fully saturated rings. The van der Waals surface area contributed by atoms with Crippen molar-refractivity contribution in [2.75, 3.05) is 12.4 Å². The van der Waals surface area contributed by atoms with Crippen molar-refractivity contribution in [3.05, 3.63) is 96.1 Å². The van der Waals surface area contributed by atoms with Gasteiger partial charge in [0.15, 0.2) is 9.84 Å². The third kappa shape index (κ3) is 6.19. The van der Waals surface area contributed by atoms with Gasteiger partial charge in [0.1, 0.15) is 12.4 Å². The smallest absolute Gasteiger partial charge is 0.338 e. The summed E-state index contributed by atoms with van der Waals surface area (Å²) in [5.41, 5.74) is 1.35. The summed E-state index contributed by atoms with van der Waals surface area (Å²) in [7, 11) is -3.36. The second kappa shape index (κ2) is 9.89. The highest BCUT2D eigenvalue weighted by Crippen LogP contribution is 2.14. The van der Waals surface area contributed by atoms with E-state index in [1.165, 1.54) is 0 Å². The molecule has 0 radical (unpaired) electrons. The minimum atomic E-state index is -3.36. The van der Waals surface area contributed by atoms with E-state index in [4.69, 9.17) is 9.47 Å². The van der Waals surface area contributed by atoms with Gasteiger partial charge in [0.25, 0.3) is 0 Å². The van der Waals surface area contributed by atoms with Crippen LogP contribution < -0.4 is 4.74 Å². The molecule has 3 rings (SSSR count). The number of para-hydroxylation sites is 1. The maximum Gasteiger partial charge on any atom is 0.338 e. The van der Waals surface area contributed by atoms with Crippen LogP contribution >= 0.6 is 0 Å². The van der Waals surface area contributed by atoms with Gasteiger partial charge in [-0.1, -0.05) is 48.5 Å². The Hall–Kier alpha value is -3.12. The van der Waals surface area contributed by atoms with Crippen LogP contribution in [0.4, 0.5) is 0 Å². The average molecular weight is 410 g/mol. The van der Waals surface area contributed by atoms with Crippen molar-refractivity contribution in [2.24, 2.45) is 0 Å². The minimum Gasteiger partial charge on any atom is -0.489 e. The van der Waals surface area contributed by atoms with E-state index >= 15 is 0 Å². The SMILES string of the molecule is O=C(OCCCS(=O)(=O)c1ccccc1)c1ccc(COc2ccccc2)cc1. The fourth-order valence-electron chi connectivity index (χ4n) is 2.66. The van der Waals surface area contributed by atoms with E-state index in [-0.39, 0.29) is 23.7 Å². The molecule has 0 saturated carbocycles. The van der Waals surface area contributed by atoms with Crippen molar-refractivity contribution in [2.45, 2.75) is 17.9 Å². The minimum absolute atomic E-state index is 0.0454. The number of rotatable bonds is 9. The number of carbonyl (C=O) groups excluding carboxylic acids is 1. The molecule has 0 aliphatic heterocycles. The molecule has 3 aromatic carbocycles. The number of carbonyl (C=O) groups is 1. The van der Waals surface area contributed by atoms with E-state index in [1.807, 2.05) is 30.3 Å². The van der Waals surface area contributed by atoms with Gasteiger partial charge in [-0.25, -0.2) is 13.2 Å². The van der Waals surface area contributed by atoms with E-state index < -0.39 is 15.8 Å². The summed E-state index contributed by atoms with van der Waals surface area (Å²) >= 11 is 0. The third-order valence-electron chi connectivity index (χ3n) is 4.23. The molecule has 0 unspecified atom stereocenters. The zero-order valence-electron chi connectivity index (χ0n) is 15.9. The molecule has 0 N–H and O–H groups in total. The van der Waals surface area contributed by atoms with Gasteiger partial charge < -0.3 is 9.47 Å². The number of sulfone groups is 1. The Balaban J connectivity index is 1.43. The highest BCUT2D eigenvalue weighted by molar-refractivity contribution is 7.91. The number of ether oxygens (including phenoxy) is 2. The summed E-state index contributed by atoms with van der Waals surface area (Å²) in [5, 5.41) is 0. The molecule has 0 spiro atoms. The number of hydrogen-bond donors (Lipinski definition) is 0. The molecule has 0 atom stereocenters. The first kappa shape index (κ1) is 20.6. The van der Waals surface area contributed by atoms with Crippen molar-refractivity contribution in [1.29, 1.82) is 0 Å². The number of esters is 1. The van der Waals surface area contributed by atoms with E-state index in [0.717, 1.165) is 11.3 Å². The largest absolute Gasteiger partial charge is 0.489 e. The topological polar surface area (TPSA) is 69.7 Å². The Morgan fingerprint density at radius 1 is 0.793 bits per heavy atom. The molecule has 29 heavy (non-hydrogen) atoms. The van der Waals surface area contributed by atoms with Crippen LogP contribution in [0, 0.1) is 0 Å². The molecule has 150 valence electrons. The van der Waals surface area contributed by atoms with E-state index in [2.05, 4.69) is 0 Å². The van der Waals surface area contributed by atoms with Gasteiger partial charge >= 0.3 is 5.97 Å². The Kier molecular flexibility index (Phi) is 7.03. The van der Waals surface area contributed by atoms with Crippen LogP contribution in [0.2, 0.25) is 0 Å². The molecule has 0 bridgehead atoms. The molecular formula is C23H22O5S. The summed E-state index contributed by atoms with van der Waals surface area (Å²) in [6.07, 6.45) is 0.242. The van der Waals surface area contributed by atoms with Crippen LogP contribution in [0.25, 0.3) is 0 Å². The highest BCUT2D eigenvalue weighted by Gasteiger charge is 2.14. The first-order valence-corrected chi connectivity index (χ1v) is 10.9. The first-order valence-electron chi connectivity index (χ1n) is 9.26. The average Bonchev–Trinajstić information content (AvgIpc) is 2.77. The predicted octanol–water partition coefficient (Wildman–Crippen LogP) is 4.29. The van der Waals surface area contributed by atoms with Crippen LogP contribution in [-0.2, 0) is 21.2 Å². The number of benzene rings is 3. The molecule has 5 nitrogen and oxygen atoms in total. The quantitative estimate of drug-likeness (QED) is 0.389. The van der Waals surface area contributed by atoms with Crippen LogP contribution in [-0.4, -0.2) is 26.7 Å². The summed E-state index contributed by atoms with van der Waals surface area (Å²) < 4.78 is 35.3. The van der Waals surface area contributed by atoms with Gasteiger partial charge in [-0.15, -0.1) is 0 Å². The lowest BCUT2D eigenvalue weighted by Crippen LogP contribution is -2.12. The summed E-state index contributed by atoms with van der Waals surface area (Å²) in [6.45, 7) is 0.445. The van der Waals surface area contributed by atoms with Gasteiger partial charge in [0.05, 0.1) is 22.8 Å². The second-order valence-electron chi connectivity index (χ2n) is 6.42. The monoisotopic (exact) mass is 410 g/mol. The van der Waals surface area contributed by atoms with Crippen LogP contribution in [0.15, 0.2) is 89.8 Å². The van der Waals surface area contributed by atoms with Crippen molar-refractivity contribution >= 4 is 15.8 Å². The van der Waals surface area contributed by atoms with Gasteiger partial charge in [-0.2, -0.15) is 0 Å². The molecule has 0 aliphatic carbocycles. The van der Waals surface area contributed by atoms with Crippen molar-refractivity contribution in [1.82, 2.24) is 0 Å². The zero-order valence-corrected chi connectivity index (χ0v) is 16.7. The zero-order chi connectivity index (χ0) is 20.5. The molecule has 3 aromatic rings. The van der Waals surface area contributed by atoms with Crippen LogP contribution in [0.3, 0.4) is 0 Å². The summed E-state index contributed by atoms with van der Waals surface area (Å²) in [5.74, 6) is 0.235. The normalized spacial score (nSPS) is 11.0. The maximum absolute atomic E-state index is 12.2. The highest BCUT2D eigenvalue weighted by atomic mass is 32.2. The molecule has 0 heterocycles. The Bertz CT molecular complexity index is 1010. The fraction of sp³-hybridized carbons (Fsp3) is 0.174. The van der Waals surface area contributed by atoms with Crippen LogP contribution in [0.1, 0.15) is 22.3 Å². The molecule has 0 saturated heterocycles. The third-order valence-corrected chi connectivity index (χ3v) is 6.05. The lowest BCUT2D eigenvalue weighted by molar-refractivity contribution is 0.0505. The van der Waals surface area contributed by atoms with Gasteiger partial charge in [0.2, 0.25) is 0 Å². The maximum atomic E-state index is 12.2. The van der Waals surface area contributed by atoms with E-state index in [0.29, 0.717) is 12.2 Å². The van der Waals surface area contributed by atoms with Crippen molar-refractivity contribution in [3.8, 4) is 5.75 Å². The molecular weight excluding hydrogens is 388 g/mol. The van der Waals surface area contributed by atoms with Gasteiger partial charge in [-0.3, -0.25) is 0 Å². The molecule has 0 aromatic heterocycles. The molecule has 0 amide bonds. The van der Waals surface area contributed by atoms with E-state index in [1.54, 1.807) is 54.6 Å². The Labute approximate surface area is 170 Å². The van der Waals surface area contributed by atoms with Crippen molar-refractivity contribution in [3.63, 3.8) is 0 Å². The fourth-order valence-corrected chi connectivity index (χ4v) is 3.97. The number of hydrogen-bond acceptors (Lipinski definition) is 5. The summed E-state index contributed by atoms with van der Waals surface area (Å²) in [6, 6.07) is 24.7. The lowest BCUT2D eigenvalue weighted by atomic mass is 10.1. The van der Waals surface area contributed by atoms with Gasteiger partial charge in [0, 0.05) is 0 Å². The Morgan fingerprint density at radius 2 is 1.41 bits per heavy atom. The van der Waals surface area contributed by atoms with Crippen molar-refractivity contribution < 1.29 is 22.7 Å². The predicted molar refractivity (Wildman–Crippen MR) is 111 cm³/mol. The Morgan fingerprint density at radius 3 is 2.07 bits per heavy atom. The van der Waals surface area contributed by atoms with E-state index in [9.17, 15) is 13.2 Å².